The van der Waals surface area contributed by atoms with E-state index in [9.17, 15) is 9.90 Å². The van der Waals surface area contributed by atoms with E-state index in [1.165, 1.54) is 25.4 Å². The van der Waals surface area contributed by atoms with Crippen LogP contribution in [-0.4, -0.2) is 42.1 Å². The molecular formula is C28H43NO5. The first-order valence-electron chi connectivity index (χ1n) is 12.1. The summed E-state index contributed by atoms with van der Waals surface area (Å²) in [7, 11) is 2.98. The average Bonchev–Trinajstić information content (AvgIpc) is 3.46. The van der Waals surface area contributed by atoms with E-state index in [-0.39, 0.29) is 23.2 Å². The van der Waals surface area contributed by atoms with Gasteiger partial charge in [0.05, 0.1) is 26.4 Å². The van der Waals surface area contributed by atoms with Crippen molar-refractivity contribution >= 4 is 0 Å². The van der Waals surface area contributed by atoms with E-state index in [0.717, 1.165) is 17.7 Å². The number of hydrogen-bond acceptors (Lipinski definition) is 5. The normalized spacial score (nSPS) is 23.2. The summed E-state index contributed by atoms with van der Waals surface area (Å²) in [5, 5.41) is 10.8. The maximum absolute atomic E-state index is 12.5. The van der Waals surface area contributed by atoms with Crippen LogP contribution in [-0.2, 0) is 11.2 Å². The Morgan fingerprint density at radius 1 is 1.18 bits per heavy atom. The maximum Gasteiger partial charge on any atom is 0.238 e. The third-order valence-corrected chi connectivity index (χ3v) is 6.67. The number of aliphatic hydroxyl groups is 1. The first-order valence-corrected chi connectivity index (χ1v) is 12.1. The highest BCUT2D eigenvalue weighted by molar-refractivity contribution is 5.40. The van der Waals surface area contributed by atoms with E-state index >= 15 is 0 Å². The molecule has 2 heterocycles. The molecule has 1 aliphatic rings. The number of pyridine rings is 1. The molecule has 0 radical (unpaired) electrons. The number of rotatable bonds is 11. The molecule has 4 atom stereocenters. The Morgan fingerprint density at radius 3 is 2.35 bits per heavy atom. The van der Waals surface area contributed by atoms with Gasteiger partial charge in [0.1, 0.15) is 5.60 Å². The van der Waals surface area contributed by atoms with Gasteiger partial charge in [-0.15, -0.1) is 0 Å². The number of methoxy groups -OCH3 is 2. The monoisotopic (exact) mass is 473 g/mol. The second kappa shape index (κ2) is 11.4. The Hall–Kier alpha value is -2.31. The molecule has 2 N–H and O–H groups in total. The summed E-state index contributed by atoms with van der Waals surface area (Å²) in [5.74, 6) is 0.943. The van der Waals surface area contributed by atoms with Gasteiger partial charge in [-0.05, 0) is 47.0 Å². The van der Waals surface area contributed by atoms with Gasteiger partial charge in [0.2, 0.25) is 17.1 Å². The zero-order valence-electron chi connectivity index (χ0n) is 22.5. The Bertz CT molecular complexity index is 1020. The number of H-pyrrole nitrogens is 1. The van der Waals surface area contributed by atoms with E-state index < -0.39 is 11.7 Å². The molecule has 1 aliphatic heterocycles. The second-order valence-electron chi connectivity index (χ2n) is 10.2. The minimum Gasteiger partial charge on any atom is -0.488 e. The van der Waals surface area contributed by atoms with Crippen LogP contribution in [0.25, 0.3) is 0 Å². The molecule has 1 fully saturated rings. The Morgan fingerprint density at radius 2 is 1.82 bits per heavy atom. The molecule has 6 nitrogen and oxygen atoms in total. The van der Waals surface area contributed by atoms with Crippen LogP contribution in [0.15, 0.2) is 39.7 Å². The number of allylic oxidation sites excluding steroid dienone is 5. The fourth-order valence-corrected chi connectivity index (χ4v) is 4.81. The van der Waals surface area contributed by atoms with Crippen molar-refractivity contribution in [2.45, 2.75) is 86.0 Å². The highest BCUT2D eigenvalue weighted by atomic mass is 16.6. The predicted octanol–water partition coefficient (Wildman–Crippen LogP) is 5.28. The van der Waals surface area contributed by atoms with Crippen molar-refractivity contribution in [3.05, 3.63) is 56.4 Å². The van der Waals surface area contributed by atoms with Crippen molar-refractivity contribution in [2.75, 3.05) is 14.2 Å². The number of epoxide rings is 1. The van der Waals surface area contributed by atoms with Gasteiger partial charge in [-0.1, -0.05) is 55.7 Å². The van der Waals surface area contributed by atoms with E-state index in [1.54, 1.807) is 6.92 Å². The number of nitrogens with one attached hydrogen (secondary N) is 1. The Kier molecular flexibility index (Phi) is 9.37. The van der Waals surface area contributed by atoms with Crippen molar-refractivity contribution in [2.24, 2.45) is 11.8 Å². The Labute approximate surface area is 204 Å². The zero-order valence-corrected chi connectivity index (χ0v) is 22.5. The molecule has 0 aromatic carbocycles. The summed E-state index contributed by atoms with van der Waals surface area (Å²) >= 11 is 0. The van der Waals surface area contributed by atoms with Gasteiger partial charge in [0, 0.05) is 23.6 Å². The summed E-state index contributed by atoms with van der Waals surface area (Å²) in [4.78, 5) is 15.7. The minimum atomic E-state index is -0.530. The smallest absolute Gasteiger partial charge is 0.238 e. The third-order valence-electron chi connectivity index (χ3n) is 6.67. The van der Waals surface area contributed by atoms with E-state index in [2.05, 4.69) is 57.8 Å². The fourth-order valence-electron chi connectivity index (χ4n) is 4.81. The summed E-state index contributed by atoms with van der Waals surface area (Å²) in [6, 6.07) is 0. The molecule has 1 aromatic rings. The molecule has 6 heteroatoms. The molecular weight excluding hydrogens is 430 g/mol. The lowest BCUT2D eigenvalue weighted by Gasteiger charge is -2.21. The number of aromatic amines is 1. The quantitative estimate of drug-likeness (QED) is 0.259. The van der Waals surface area contributed by atoms with Crippen LogP contribution >= 0.6 is 0 Å². The van der Waals surface area contributed by atoms with Crippen molar-refractivity contribution in [3.8, 4) is 11.6 Å². The Balaban J connectivity index is 2.05. The molecule has 0 saturated carbocycles. The van der Waals surface area contributed by atoms with Gasteiger partial charge in [0.15, 0.2) is 0 Å². The highest BCUT2D eigenvalue weighted by Gasteiger charge is 2.59. The summed E-state index contributed by atoms with van der Waals surface area (Å²) < 4.78 is 16.3. The largest absolute Gasteiger partial charge is 0.488 e. The lowest BCUT2D eigenvalue weighted by atomic mass is 9.86. The van der Waals surface area contributed by atoms with Crippen LogP contribution in [0.1, 0.15) is 66.1 Å². The van der Waals surface area contributed by atoms with Gasteiger partial charge in [-0.2, -0.15) is 0 Å². The molecule has 190 valence electrons. The number of hydrogen-bond donors (Lipinski definition) is 2. The third kappa shape index (κ3) is 6.42. The van der Waals surface area contributed by atoms with Gasteiger partial charge in [-0.25, -0.2) is 0 Å². The lowest BCUT2D eigenvalue weighted by Crippen LogP contribution is -2.35. The molecule has 0 bridgehead atoms. The summed E-state index contributed by atoms with van der Waals surface area (Å²) in [6.45, 7) is 16.4. The first-order chi connectivity index (χ1) is 15.8. The molecule has 0 amide bonds. The standard InChI is InChI=1S/C28H43NO5/c1-16(2)26-28(8,34-26)25(31)20(6)15-19(5)14-18(4)13-17(3)11-12-22-21(7)23(30)24(32-9)27(29-22)33-10/h11,14-16,20,25-26,31H,12-13H2,1-10H3,(H,29,30)/t20-,25-,26-,28+/m1/s1. The molecule has 0 aliphatic carbocycles. The van der Waals surface area contributed by atoms with E-state index in [0.29, 0.717) is 23.8 Å². The van der Waals surface area contributed by atoms with Crippen LogP contribution in [0, 0.1) is 18.8 Å². The van der Waals surface area contributed by atoms with Crippen LogP contribution < -0.4 is 14.9 Å². The van der Waals surface area contributed by atoms with Gasteiger partial charge in [-0.3, -0.25) is 4.79 Å². The molecule has 1 aromatic heterocycles. The SMILES string of the molecule is COc1[nH]c(CC=C(C)CC(C)=CC(C)=C[C@@H](C)[C@@H](O)[C@]2(C)O[C@@H]2C(C)C)c(C)c(=O)c1OC. The van der Waals surface area contributed by atoms with Crippen molar-refractivity contribution in [1.82, 2.24) is 4.98 Å². The number of ether oxygens (including phenoxy) is 3. The summed E-state index contributed by atoms with van der Waals surface area (Å²) in [5.41, 5.74) is 4.41. The van der Waals surface area contributed by atoms with Crippen LogP contribution in [0.5, 0.6) is 11.6 Å². The highest BCUT2D eigenvalue weighted by Crippen LogP contribution is 2.46. The molecule has 34 heavy (non-hydrogen) atoms. The minimum absolute atomic E-state index is 0.000657. The van der Waals surface area contributed by atoms with E-state index in [1.807, 2.05) is 13.8 Å². The fraction of sp³-hybridized carbons (Fsp3) is 0.607. The predicted molar refractivity (Wildman–Crippen MR) is 138 cm³/mol. The zero-order chi connectivity index (χ0) is 25.8. The first kappa shape index (κ1) is 27.9. The lowest BCUT2D eigenvalue weighted by molar-refractivity contribution is 0.0563. The average molecular weight is 474 g/mol. The molecule has 2 rings (SSSR count). The number of aliphatic hydroxyl groups excluding tert-OH is 1. The molecule has 1 saturated heterocycles. The van der Waals surface area contributed by atoms with Crippen LogP contribution in [0.4, 0.5) is 0 Å². The topological polar surface area (TPSA) is 84.1 Å². The van der Waals surface area contributed by atoms with Crippen molar-refractivity contribution in [1.29, 1.82) is 0 Å². The van der Waals surface area contributed by atoms with Crippen LogP contribution in [0.2, 0.25) is 0 Å². The second-order valence-corrected chi connectivity index (χ2v) is 10.2. The number of aromatic nitrogens is 1. The maximum atomic E-state index is 12.5. The van der Waals surface area contributed by atoms with E-state index in [4.69, 9.17) is 14.2 Å². The molecule has 0 unspecified atom stereocenters. The van der Waals surface area contributed by atoms with Gasteiger partial charge in [0.25, 0.3) is 0 Å². The van der Waals surface area contributed by atoms with Gasteiger partial charge < -0.3 is 24.3 Å². The van der Waals surface area contributed by atoms with Gasteiger partial charge >= 0.3 is 0 Å². The van der Waals surface area contributed by atoms with Crippen molar-refractivity contribution < 1.29 is 19.3 Å². The summed E-state index contributed by atoms with van der Waals surface area (Å²) in [6.07, 6.45) is 7.44. The van der Waals surface area contributed by atoms with Crippen molar-refractivity contribution in [3.63, 3.8) is 0 Å². The molecule has 0 spiro atoms. The van der Waals surface area contributed by atoms with Crippen LogP contribution in [0.3, 0.4) is 0 Å².